The number of carbonyl (C=O) groups excluding carboxylic acids is 1. The molecule has 0 saturated carbocycles. The van der Waals surface area contributed by atoms with Crippen molar-refractivity contribution in [1.29, 1.82) is 0 Å². The van der Waals surface area contributed by atoms with Gasteiger partial charge in [0.05, 0.1) is 5.56 Å². The summed E-state index contributed by atoms with van der Waals surface area (Å²) in [4.78, 5) is 28.4. The maximum Gasteiger partial charge on any atom is 0.255 e. The van der Waals surface area contributed by atoms with Crippen LogP contribution in [-0.4, -0.2) is 15.8 Å². The third-order valence-corrected chi connectivity index (χ3v) is 3.75. The van der Waals surface area contributed by atoms with E-state index in [0.29, 0.717) is 18.7 Å². The fourth-order valence-electron chi connectivity index (χ4n) is 2.53. The molecule has 0 spiro atoms. The van der Waals surface area contributed by atoms with Gasteiger partial charge in [0.2, 0.25) is 5.56 Å². The number of carbonyl (C=O) groups is 1. The summed E-state index contributed by atoms with van der Waals surface area (Å²) in [6, 6.07) is 22.7. The molecule has 3 rings (SSSR count). The number of hydrogen-bond acceptors (Lipinski definition) is 2. The highest BCUT2D eigenvalue weighted by molar-refractivity contribution is 5.93. The number of rotatable bonds is 5. The van der Waals surface area contributed by atoms with Crippen LogP contribution in [0.25, 0.3) is 0 Å². The minimum absolute atomic E-state index is 0.112. The first-order valence-electron chi connectivity index (χ1n) is 7.78. The average molecular weight is 318 g/mol. The van der Waals surface area contributed by atoms with Gasteiger partial charge in [-0.2, -0.15) is 0 Å². The summed E-state index contributed by atoms with van der Waals surface area (Å²) in [5.41, 5.74) is 2.38. The summed E-state index contributed by atoms with van der Waals surface area (Å²) in [6.45, 7) is 1.02. The Labute approximate surface area is 140 Å². The molecule has 1 aromatic heterocycles. The average Bonchev–Trinajstić information content (AvgIpc) is 2.63. The number of benzene rings is 2. The van der Waals surface area contributed by atoms with Crippen LogP contribution in [0.1, 0.15) is 21.5 Å². The van der Waals surface area contributed by atoms with Crippen molar-refractivity contribution in [3.05, 3.63) is 106 Å². The van der Waals surface area contributed by atoms with E-state index in [4.69, 9.17) is 0 Å². The predicted octanol–water partition coefficient (Wildman–Crippen LogP) is 3.22. The molecule has 0 atom stereocenters. The molecule has 1 heterocycles. The van der Waals surface area contributed by atoms with Gasteiger partial charge in [-0.3, -0.25) is 9.59 Å². The second-order valence-corrected chi connectivity index (χ2v) is 5.57. The molecule has 0 saturated heterocycles. The van der Waals surface area contributed by atoms with E-state index in [2.05, 4.69) is 4.98 Å². The number of nitrogens with zero attached hydrogens (tertiary/aromatic N) is 1. The molecule has 0 unspecified atom stereocenters. The van der Waals surface area contributed by atoms with Crippen LogP contribution < -0.4 is 5.56 Å². The SMILES string of the molecule is O=C(c1ccc(=O)[nH]c1)N(Cc1ccccc1)Cc1ccccc1. The molecule has 3 aromatic rings. The third kappa shape index (κ3) is 3.98. The van der Waals surface area contributed by atoms with Crippen LogP contribution in [0.3, 0.4) is 0 Å². The zero-order valence-electron chi connectivity index (χ0n) is 13.2. The Hall–Kier alpha value is -3.14. The van der Waals surface area contributed by atoms with Crippen LogP contribution in [0, 0.1) is 0 Å². The van der Waals surface area contributed by atoms with Crippen LogP contribution in [0.2, 0.25) is 0 Å². The number of hydrogen-bond donors (Lipinski definition) is 1. The van der Waals surface area contributed by atoms with E-state index in [0.717, 1.165) is 11.1 Å². The largest absolute Gasteiger partial charge is 0.330 e. The van der Waals surface area contributed by atoms with Crippen LogP contribution in [0.4, 0.5) is 0 Å². The summed E-state index contributed by atoms with van der Waals surface area (Å²) in [5, 5.41) is 0. The van der Waals surface area contributed by atoms with Crippen molar-refractivity contribution in [2.24, 2.45) is 0 Å². The van der Waals surface area contributed by atoms with Crippen molar-refractivity contribution < 1.29 is 4.79 Å². The van der Waals surface area contributed by atoms with Crippen LogP contribution >= 0.6 is 0 Å². The van der Waals surface area contributed by atoms with Gasteiger partial charge in [0, 0.05) is 25.4 Å². The third-order valence-electron chi connectivity index (χ3n) is 3.75. The molecule has 0 bridgehead atoms. The molecule has 0 aliphatic rings. The van der Waals surface area contributed by atoms with Crippen molar-refractivity contribution in [3.63, 3.8) is 0 Å². The first-order valence-corrected chi connectivity index (χ1v) is 7.78. The zero-order chi connectivity index (χ0) is 16.8. The van der Waals surface area contributed by atoms with E-state index < -0.39 is 0 Å². The second kappa shape index (κ2) is 7.42. The van der Waals surface area contributed by atoms with Gasteiger partial charge in [-0.25, -0.2) is 0 Å². The molecule has 0 fully saturated rings. The molecule has 4 heteroatoms. The van der Waals surface area contributed by atoms with Crippen molar-refractivity contribution in [1.82, 2.24) is 9.88 Å². The van der Waals surface area contributed by atoms with Crippen molar-refractivity contribution in [2.45, 2.75) is 13.1 Å². The normalized spacial score (nSPS) is 10.3. The lowest BCUT2D eigenvalue weighted by atomic mass is 10.1. The highest BCUT2D eigenvalue weighted by Gasteiger charge is 2.16. The van der Waals surface area contributed by atoms with Crippen LogP contribution in [0.5, 0.6) is 0 Å². The molecule has 1 N–H and O–H groups in total. The second-order valence-electron chi connectivity index (χ2n) is 5.57. The summed E-state index contributed by atoms with van der Waals surface area (Å²) >= 11 is 0. The Balaban J connectivity index is 1.87. The standard InChI is InChI=1S/C20H18N2O2/c23-19-12-11-18(13-21-19)20(24)22(14-16-7-3-1-4-8-16)15-17-9-5-2-6-10-17/h1-13H,14-15H2,(H,21,23). The highest BCUT2D eigenvalue weighted by atomic mass is 16.2. The first-order chi connectivity index (χ1) is 11.7. The molecular formula is C20H18N2O2. The van der Waals surface area contributed by atoms with Crippen LogP contribution in [-0.2, 0) is 13.1 Å². The fourth-order valence-corrected chi connectivity index (χ4v) is 2.53. The molecule has 1 amide bonds. The highest BCUT2D eigenvalue weighted by Crippen LogP contribution is 2.13. The van der Waals surface area contributed by atoms with E-state index in [1.165, 1.54) is 12.3 Å². The number of nitrogens with one attached hydrogen (secondary N) is 1. The maximum atomic E-state index is 12.9. The van der Waals surface area contributed by atoms with E-state index in [1.807, 2.05) is 60.7 Å². The molecule has 24 heavy (non-hydrogen) atoms. The quantitative estimate of drug-likeness (QED) is 0.785. The topological polar surface area (TPSA) is 53.2 Å². The van der Waals surface area contributed by atoms with Gasteiger partial charge in [-0.05, 0) is 17.2 Å². The summed E-state index contributed by atoms with van der Waals surface area (Å²) < 4.78 is 0. The number of H-pyrrole nitrogens is 1. The Kier molecular flexibility index (Phi) is 4.87. The van der Waals surface area contributed by atoms with Gasteiger partial charge in [0.15, 0.2) is 0 Å². The monoisotopic (exact) mass is 318 g/mol. The van der Waals surface area contributed by atoms with E-state index in [1.54, 1.807) is 11.0 Å². The number of aromatic nitrogens is 1. The Bertz CT molecular complexity index is 796. The van der Waals surface area contributed by atoms with Crippen LogP contribution in [0.15, 0.2) is 83.8 Å². The summed E-state index contributed by atoms with van der Waals surface area (Å²) in [6.07, 6.45) is 1.47. The van der Waals surface area contributed by atoms with Gasteiger partial charge in [-0.1, -0.05) is 60.7 Å². The van der Waals surface area contributed by atoms with Gasteiger partial charge in [0.1, 0.15) is 0 Å². The summed E-state index contributed by atoms with van der Waals surface area (Å²) in [5.74, 6) is -0.112. The lowest BCUT2D eigenvalue weighted by Crippen LogP contribution is -2.30. The molecule has 0 aliphatic heterocycles. The Morgan fingerprint density at radius 1 is 0.792 bits per heavy atom. The Morgan fingerprint density at radius 3 is 1.79 bits per heavy atom. The van der Waals surface area contributed by atoms with E-state index >= 15 is 0 Å². The van der Waals surface area contributed by atoms with E-state index in [9.17, 15) is 9.59 Å². The van der Waals surface area contributed by atoms with Crippen molar-refractivity contribution >= 4 is 5.91 Å². The van der Waals surface area contributed by atoms with Gasteiger partial charge in [0.25, 0.3) is 5.91 Å². The fraction of sp³-hybridized carbons (Fsp3) is 0.100. The smallest absolute Gasteiger partial charge is 0.255 e. The van der Waals surface area contributed by atoms with Gasteiger partial charge in [-0.15, -0.1) is 0 Å². The number of aromatic amines is 1. The zero-order valence-corrected chi connectivity index (χ0v) is 13.2. The van der Waals surface area contributed by atoms with Crippen molar-refractivity contribution in [2.75, 3.05) is 0 Å². The number of pyridine rings is 1. The lowest BCUT2D eigenvalue weighted by molar-refractivity contribution is 0.0729. The molecular weight excluding hydrogens is 300 g/mol. The Morgan fingerprint density at radius 2 is 1.33 bits per heavy atom. The van der Waals surface area contributed by atoms with Crippen molar-refractivity contribution in [3.8, 4) is 0 Å². The lowest BCUT2D eigenvalue weighted by Gasteiger charge is -2.23. The molecule has 2 aromatic carbocycles. The van der Waals surface area contributed by atoms with Gasteiger partial charge < -0.3 is 9.88 Å². The first kappa shape index (κ1) is 15.7. The predicted molar refractivity (Wildman–Crippen MR) is 93.5 cm³/mol. The number of amides is 1. The molecule has 0 radical (unpaired) electrons. The summed E-state index contributed by atoms with van der Waals surface area (Å²) in [7, 11) is 0. The molecule has 120 valence electrons. The molecule has 0 aliphatic carbocycles. The van der Waals surface area contributed by atoms with Gasteiger partial charge >= 0.3 is 0 Å². The van der Waals surface area contributed by atoms with E-state index in [-0.39, 0.29) is 11.5 Å². The molecule has 4 nitrogen and oxygen atoms in total. The minimum Gasteiger partial charge on any atom is -0.330 e. The maximum absolute atomic E-state index is 12.9. The minimum atomic E-state index is -0.218.